The minimum Gasteiger partial charge on any atom is -0.491 e. The number of halogens is 1. The summed E-state index contributed by atoms with van der Waals surface area (Å²) in [5, 5.41) is 0. The largest absolute Gasteiger partial charge is 0.491 e. The summed E-state index contributed by atoms with van der Waals surface area (Å²) in [4.78, 5) is -0.0515. The van der Waals surface area contributed by atoms with Gasteiger partial charge in [0.2, 0.25) is 0 Å². The first kappa shape index (κ1) is 16.3. The van der Waals surface area contributed by atoms with E-state index in [0.717, 1.165) is 6.07 Å². The third kappa shape index (κ3) is 3.76. The average Bonchev–Trinajstić information content (AvgIpc) is 2.43. The molecule has 0 amide bonds. The van der Waals surface area contributed by atoms with Gasteiger partial charge in [-0.2, -0.15) is 8.42 Å². The average molecular weight is 324 g/mol. The van der Waals surface area contributed by atoms with E-state index in [9.17, 15) is 12.8 Å². The van der Waals surface area contributed by atoms with E-state index in [4.69, 9.17) is 8.92 Å². The number of hydrogen-bond acceptors (Lipinski definition) is 4. The molecule has 2 aromatic carbocycles. The fraction of sp³-hybridized carbons (Fsp3) is 0.250. The van der Waals surface area contributed by atoms with Gasteiger partial charge in [-0.3, -0.25) is 0 Å². The molecule has 0 heterocycles. The van der Waals surface area contributed by atoms with Crippen molar-refractivity contribution in [3.8, 4) is 11.5 Å². The molecule has 2 aromatic rings. The highest BCUT2D eigenvalue weighted by Crippen LogP contribution is 2.26. The van der Waals surface area contributed by atoms with Crippen molar-refractivity contribution in [3.63, 3.8) is 0 Å². The normalized spacial score (nSPS) is 11.5. The molecule has 0 radical (unpaired) electrons. The van der Waals surface area contributed by atoms with Crippen molar-refractivity contribution in [2.45, 2.75) is 31.8 Å². The molecule has 0 aromatic heterocycles. The Morgan fingerprint density at radius 2 is 1.73 bits per heavy atom. The molecule has 6 heteroatoms. The first-order valence-corrected chi connectivity index (χ1v) is 8.17. The van der Waals surface area contributed by atoms with Crippen molar-refractivity contribution in [1.82, 2.24) is 0 Å². The van der Waals surface area contributed by atoms with Crippen molar-refractivity contribution < 1.29 is 21.7 Å². The molecule has 0 saturated carbocycles. The molecule has 0 bridgehead atoms. The topological polar surface area (TPSA) is 52.6 Å². The second-order valence-corrected chi connectivity index (χ2v) is 6.61. The second kappa shape index (κ2) is 6.36. The maximum atomic E-state index is 13.5. The molecule has 0 saturated heterocycles. The van der Waals surface area contributed by atoms with E-state index in [-0.39, 0.29) is 16.7 Å². The standard InChI is InChI=1S/C16H17FO4S/c1-11(2)20-15-9-8-13(10-12(15)3)22(18,19)21-16-7-5-4-6-14(16)17/h4-11H,1-3H3. The minimum atomic E-state index is -4.10. The monoisotopic (exact) mass is 324 g/mol. The van der Waals surface area contributed by atoms with E-state index in [1.165, 1.54) is 30.3 Å². The number of benzene rings is 2. The van der Waals surface area contributed by atoms with Crippen LogP contribution in [0.2, 0.25) is 0 Å². The van der Waals surface area contributed by atoms with E-state index < -0.39 is 15.9 Å². The van der Waals surface area contributed by atoms with E-state index in [2.05, 4.69) is 0 Å². The van der Waals surface area contributed by atoms with Gasteiger partial charge >= 0.3 is 10.1 Å². The molecule has 0 aliphatic carbocycles. The first-order valence-electron chi connectivity index (χ1n) is 6.76. The molecule has 22 heavy (non-hydrogen) atoms. The summed E-state index contributed by atoms with van der Waals surface area (Å²) in [5.74, 6) is -0.468. The maximum Gasteiger partial charge on any atom is 0.339 e. The quantitative estimate of drug-likeness (QED) is 0.787. The molecule has 0 unspecified atom stereocenters. The predicted molar refractivity (Wildman–Crippen MR) is 81.2 cm³/mol. The summed E-state index contributed by atoms with van der Waals surface area (Å²) in [5.41, 5.74) is 0.659. The van der Waals surface area contributed by atoms with Crippen LogP contribution in [0.1, 0.15) is 19.4 Å². The smallest absolute Gasteiger partial charge is 0.339 e. The highest BCUT2D eigenvalue weighted by atomic mass is 32.2. The van der Waals surface area contributed by atoms with Crippen molar-refractivity contribution in [1.29, 1.82) is 0 Å². The van der Waals surface area contributed by atoms with E-state index in [1.54, 1.807) is 13.0 Å². The lowest BCUT2D eigenvalue weighted by Crippen LogP contribution is -2.12. The van der Waals surface area contributed by atoms with Crippen LogP contribution in [0, 0.1) is 12.7 Å². The van der Waals surface area contributed by atoms with Gasteiger partial charge in [-0.15, -0.1) is 0 Å². The summed E-state index contributed by atoms with van der Waals surface area (Å²) >= 11 is 0. The number of para-hydroxylation sites is 1. The van der Waals surface area contributed by atoms with Crippen LogP contribution in [0.3, 0.4) is 0 Å². The third-order valence-corrected chi connectivity index (χ3v) is 4.06. The van der Waals surface area contributed by atoms with Gasteiger partial charge in [0.05, 0.1) is 6.10 Å². The molecule has 118 valence electrons. The zero-order valence-corrected chi connectivity index (χ0v) is 13.4. The lowest BCUT2D eigenvalue weighted by molar-refractivity contribution is 0.240. The summed E-state index contributed by atoms with van der Waals surface area (Å²) in [6.07, 6.45) is -0.0178. The minimum absolute atomic E-state index is 0.0178. The number of aryl methyl sites for hydroxylation is 1. The lowest BCUT2D eigenvalue weighted by Gasteiger charge is -2.13. The van der Waals surface area contributed by atoms with Crippen LogP contribution in [0.5, 0.6) is 11.5 Å². The van der Waals surface area contributed by atoms with E-state index in [1.807, 2.05) is 13.8 Å². The molecule has 0 atom stereocenters. The zero-order chi connectivity index (χ0) is 16.3. The van der Waals surface area contributed by atoms with Crippen LogP contribution < -0.4 is 8.92 Å². The second-order valence-electron chi connectivity index (χ2n) is 5.06. The van der Waals surface area contributed by atoms with Crippen LogP contribution in [0.15, 0.2) is 47.4 Å². The van der Waals surface area contributed by atoms with Crippen molar-refractivity contribution in [2.75, 3.05) is 0 Å². The highest BCUT2D eigenvalue weighted by molar-refractivity contribution is 7.87. The van der Waals surface area contributed by atoms with Crippen molar-refractivity contribution >= 4 is 10.1 Å². The van der Waals surface area contributed by atoms with Crippen molar-refractivity contribution in [2.24, 2.45) is 0 Å². The number of hydrogen-bond donors (Lipinski definition) is 0. The summed E-state index contributed by atoms with van der Waals surface area (Å²) in [6.45, 7) is 5.50. The molecule has 2 rings (SSSR count). The van der Waals surface area contributed by atoms with Gasteiger partial charge in [-0.1, -0.05) is 12.1 Å². The van der Waals surface area contributed by atoms with Gasteiger partial charge in [0.15, 0.2) is 11.6 Å². The van der Waals surface area contributed by atoms with Crippen LogP contribution in [0.4, 0.5) is 4.39 Å². The molecular formula is C16H17FO4S. The molecule has 0 aliphatic heterocycles. The van der Waals surface area contributed by atoms with E-state index in [0.29, 0.717) is 11.3 Å². The van der Waals surface area contributed by atoms with Gasteiger partial charge in [0.1, 0.15) is 10.6 Å². The Kier molecular flexibility index (Phi) is 4.71. The van der Waals surface area contributed by atoms with Gasteiger partial charge in [0.25, 0.3) is 0 Å². The fourth-order valence-electron chi connectivity index (χ4n) is 1.84. The summed E-state index contributed by atoms with van der Waals surface area (Å²) in [7, 11) is -4.10. The van der Waals surface area contributed by atoms with Crippen LogP contribution in [-0.4, -0.2) is 14.5 Å². The van der Waals surface area contributed by atoms with Gasteiger partial charge < -0.3 is 8.92 Å². The first-order chi connectivity index (χ1) is 10.3. The predicted octanol–water partition coefficient (Wildman–Crippen LogP) is 3.69. The molecular weight excluding hydrogens is 307 g/mol. The van der Waals surface area contributed by atoms with Crippen LogP contribution in [-0.2, 0) is 10.1 Å². The number of ether oxygens (including phenoxy) is 1. The summed E-state index contributed by atoms with van der Waals surface area (Å²) < 4.78 is 48.3. The Balaban J connectivity index is 2.30. The molecule has 0 aliphatic rings. The lowest BCUT2D eigenvalue weighted by atomic mass is 10.2. The molecule has 4 nitrogen and oxygen atoms in total. The Morgan fingerprint density at radius 3 is 2.32 bits per heavy atom. The van der Waals surface area contributed by atoms with E-state index >= 15 is 0 Å². The Labute approximate surface area is 129 Å². The Morgan fingerprint density at radius 1 is 1.05 bits per heavy atom. The fourth-order valence-corrected chi connectivity index (χ4v) is 2.87. The molecule has 0 fully saturated rings. The molecule has 0 spiro atoms. The third-order valence-electron chi connectivity index (χ3n) is 2.83. The SMILES string of the molecule is Cc1cc(S(=O)(=O)Oc2ccccc2F)ccc1OC(C)C. The van der Waals surface area contributed by atoms with Gasteiger partial charge in [-0.25, -0.2) is 4.39 Å². The maximum absolute atomic E-state index is 13.5. The number of rotatable bonds is 5. The van der Waals surface area contributed by atoms with Crippen LogP contribution in [0.25, 0.3) is 0 Å². The Hall–Kier alpha value is -2.08. The Bertz CT molecular complexity index is 769. The zero-order valence-electron chi connectivity index (χ0n) is 12.5. The molecule has 0 N–H and O–H groups in total. The van der Waals surface area contributed by atoms with Crippen LogP contribution >= 0.6 is 0 Å². The highest BCUT2D eigenvalue weighted by Gasteiger charge is 2.20. The van der Waals surface area contributed by atoms with Crippen molar-refractivity contribution in [3.05, 3.63) is 53.8 Å². The van der Waals surface area contributed by atoms with Gasteiger partial charge in [-0.05, 0) is 56.7 Å². The van der Waals surface area contributed by atoms with Gasteiger partial charge in [0, 0.05) is 0 Å². The summed E-state index contributed by atoms with van der Waals surface area (Å²) in [6, 6.07) is 9.73.